The highest BCUT2D eigenvalue weighted by Crippen LogP contribution is 2.27. The van der Waals surface area contributed by atoms with E-state index >= 15 is 0 Å². The Morgan fingerprint density at radius 3 is 2.40 bits per heavy atom. The second-order valence-electron chi connectivity index (χ2n) is 7.80. The van der Waals surface area contributed by atoms with E-state index < -0.39 is 12.1 Å². The zero-order chi connectivity index (χ0) is 24.6. The lowest BCUT2D eigenvalue weighted by Crippen LogP contribution is -2.46. The summed E-state index contributed by atoms with van der Waals surface area (Å²) in [5.74, 6) is -0.384. The summed E-state index contributed by atoms with van der Waals surface area (Å²) in [6.07, 6.45) is 1.17. The van der Waals surface area contributed by atoms with Gasteiger partial charge in [-0.15, -0.1) is 10.2 Å². The summed E-state index contributed by atoms with van der Waals surface area (Å²) >= 11 is 7.20. The van der Waals surface area contributed by atoms with E-state index in [1.807, 2.05) is 73.7 Å². The van der Waals surface area contributed by atoms with E-state index in [4.69, 9.17) is 11.6 Å². The maximum absolute atomic E-state index is 13.2. The van der Waals surface area contributed by atoms with Crippen molar-refractivity contribution in [1.29, 1.82) is 0 Å². The van der Waals surface area contributed by atoms with Gasteiger partial charge in [-0.2, -0.15) is 0 Å². The van der Waals surface area contributed by atoms with Gasteiger partial charge in [0.25, 0.3) is 0 Å². The highest BCUT2D eigenvalue weighted by Gasteiger charge is 2.23. The first kappa shape index (κ1) is 24.4. The Balaban J connectivity index is 1.47. The molecule has 1 unspecified atom stereocenters. The van der Waals surface area contributed by atoms with Crippen LogP contribution in [0, 0.1) is 0 Å². The van der Waals surface area contributed by atoms with Gasteiger partial charge in [0.2, 0.25) is 11.0 Å². The van der Waals surface area contributed by atoms with E-state index in [9.17, 15) is 9.59 Å². The Morgan fingerprint density at radius 1 is 0.914 bits per heavy atom. The molecular weight excluding hydrogens is 482 g/mol. The van der Waals surface area contributed by atoms with Crippen molar-refractivity contribution < 1.29 is 9.59 Å². The molecule has 0 radical (unpaired) electrons. The van der Waals surface area contributed by atoms with Gasteiger partial charge in [-0.05, 0) is 41.8 Å². The van der Waals surface area contributed by atoms with Crippen LogP contribution in [0.1, 0.15) is 18.1 Å². The molecule has 7 nitrogen and oxygen atoms in total. The number of amides is 3. The monoisotopic (exact) mass is 505 g/mol. The molecule has 1 atom stereocenters. The summed E-state index contributed by atoms with van der Waals surface area (Å²) < 4.78 is 0. The van der Waals surface area contributed by atoms with Crippen LogP contribution in [0.3, 0.4) is 0 Å². The molecule has 9 heteroatoms. The SMILES string of the molecule is CCc1cccc(NC(=O)NC(Cc2ccccc2)C(=O)Nc2nnc(-c3ccc(Cl)cc3)s2)c1. The number of urea groups is 1. The molecule has 1 aromatic heterocycles. The minimum atomic E-state index is -0.824. The Hall–Kier alpha value is -3.75. The first-order valence-electron chi connectivity index (χ1n) is 11.1. The third-order valence-corrected chi connectivity index (χ3v) is 6.38. The molecule has 1 heterocycles. The number of benzene rings is 3. The number of halogens is 1. The molecular formula is C26H24ClN5O2S. The Bertz CT molecular complexity index is 1290. The maximum atomic E-state index is 13.2. The van der Waals surface area contributed by atoms with Crippen LogP contribution in [0.2, 0.25) is 5.02 Å². The van der Waals surface area contributed by atoms with Crippen molar-refractivity contribution >= 4 is 45.7 Å². The quantitative estimate of drug-likeness (QED) is 0.282. The molecule has 0 fully saturated rings. The topological polar surface area (TPSA) is 96.0 Å². The van der Waals surface area contributed by atoms with Crippen molar-refractivity contribution in [3.63, 3.8) is 0 Å². The summed E-state index contributed by atoms with van der Waals surface area (Å²) in [5, 5.41) is 18.3. The third-order valence-electron chi connectivity index (χ3n) is 5.24. The van der Waals surface area contributed by atoms with Gasteiger partial charge in [0.15, 0.2) is 0 Å². The van der Waals surface area contributed by atoms with Gasteiger partial charge in [0, 0.05) is 22.7 Å². The lowest BCUT2D eigenvalue weighted by Gasteiger charge is -2.18. The normalized spacial score (nSPS) is 11.5. The van der Waals surface area contributed by atoms with Crippen molar-refractivity contribution in [3.05, 3.63) is 95.0 Å². The fraction of sp³-hybridized carbons (Fsp3) is 0.154. The second-order valence-corrected chi connectivity index (χ2v) is 9.22. The van der Waals surface area contributed by atoms with Crippen molar-refractivity contribution in [1.82, 2.24) is 15.5 Å². The Labute approximate surface area is 212 Å². The Kier molecular flexibility index (Phi) is 8.07. The van der Waals surface area contributed by atoms with E-state index in [1.54, 1.807) is 12.1 Å². The van der Waals surface area contributed by atoms with E-state index in [1.165, 1.54) is 11.3 Å². The number of hydrogen-bond acceptors (Lipinski definition) is 5. The lowest BCUT2D eigenvalue weighted by atomic mass is 10.1. The van der Waals surface area contributed by atoms with Crippen LogP contribution in [-0.4, -0.2) is 28.2 Å². The predicted molar refractivity (Wildman–Crippen MR) is 141 cm³/mol. The minimum absolute atomic E-state index is 0.317. The average Bonchev–Trinajstić information content (AvgIpc) is 3.33. The first-order chi connectivity index (χ1) is 17.0. The standard InChI is InChI=1S/C26H24ClN5O2S/c1-2-17-9-6-10-21(15-17)28-25(34)29-22(16-18-7-4-3-5-8-18)23(33)30-26-32-31-24(35-26)19-11-13-20(27)14-12-19/h3-15,22H,2,16H2,1H3,(H2,28,29,34)(H,30,32,33). The second kappa shape index (κ2) is 11.6. The number of carbonyl (C=O) groups excluding carboxylic acids is 2. The van der Waals surface area contributed by atoms with Crippen molar-refractivity contribution in [2.45, 2.75) is 25.8 Å². The van der Waals surface area contributed by atoms with Crippen LogP contribution in [-0.2, 0) is 17.6 Å². The number of hydrogen-bond donors (Lipinski definition) is 3. The summed E-state index contributed by atoms with van der Waals surface area (Å²) in [6.45, 7) is 2.05. The van der Waals surface area contributed by atoms with E-state index in [0.717, 1.165) is 23.1 Å². The van der Waals surface area contributed by atoms with Crippen LogP contribution in [0.25, 0.3) is 10.6 Å². The number of anilines is 2. The van der Waals surface area contributed by atoms with Crippen molar-refractivity contribution in [2.24, 2.45) is 0 Å². The third kappa shape index (κ3) is 6.88. The smallest absolute Gasteiger partial charge is 0.319 e. The molecule has 3 N–H and O–H groups in total. The summed E-state index contributed by atoms with van der Waals surface area (Å²) in [4.78, 5) is 25.9. The van der Waals surface area contributed by atoms with Crippen LogP contribution in [0.15, 0.2) is 78.9 Å². The van der Waals surface area contributed by atoms with Crippen molar-refractivity contribution in [3.8, 4) is 10.6 Å². The molecule has 0 saturated heterocycles. The van der Waals surface area contributed by atoms with E-state index in [-0.39, 0.29) is 5.91 Å². The molecule has 0 aliphatic rings. The number of rotatable bonds is 8. The average molecular weight is 506 g/mol. The van der Waals surface area contributed by atoms with E-state index in [0.29, 0.717) is 27.3 Å². The fourth-order valence-corrected chi connectivity index (χ4v) is 4.31. The van der Waals surface area contributed by atoms with Crippen LogP contribution in [0.5, 0.6) is 0 Å². The fourth-order valence-electron chi connectivity index (χ4n) is 3.43. The van der Waals surface area contributed by atoms with E-state index in [2.05, 4.69) is 26.1 Å². The molecule has 0 aliphatic carbocycles. The Morgan fingerprint density at radius 2 is 1.66 bits per heavy atom. The lowest BCUT2D eigenvalue weighted by molar-refractivity contribution is -0.117. The number of aryl methyl sites for hydroxylation is 1. The van der Waals surface area contributed by atoms with Gasteiger partial charge in [0.1, 0.15) is 11.0 Å². The van der Waals surface area contributed by atoms with Gasteiger partial charge < -0.3 is 10.6 Å². The summed E-state index contributed by atoms with van der Waals surface area (Å²) in [6, 6.07) is 23.0. The van der Waals surface area contributed by atoms with Gasteiger partial charge in [-0.1, -0.05) is 84.5 Å². The predicted octanol–water partition coefficient (Wildman–Crippen LogP) is 5.79. The number of nitrogens with one attached hydrogen (secondary N) is 3. The number of nitrogens with zero attached hydrogens (tertiary/aromatic N) is 2. The van der Waals surface area contributed by atoms with Crippen LogP contribution >= 0.6 is 22.9 Å². The molecule has 4 rings (SSSR count). The zero-order valence-electron chi connectivity index (χ0n) is 19.0. The molecule has 3 amide bonds. The number of carbonyl (C=O) groups is 2. The molecule has 178 valence electrons. The molecule has 0 bridgehead atoms. The highest BCUT2D eigenvalue weighted by atomic mass is 35.5. The molecule has 35 heavy (non-hydrogen) atoms. The summed E-state index contributed by atoms with van der Waals surface area (Å²) in [5.41, 5.74) is 3.53. The zero-order valence-corrected chi connectivity index (χ0v) is 20.6. The summed E-state index contributed by atoms with van der Waals surface area (Å²) in [7, 11) is 0. The molecule has 3 aromatic carbocycles. The molecule has 0 spiro atoms. The first-order valence-corrected chi connectivity index (χ1v) is 12.3. The van der Waals surface area contributed by atoms with Gasteiger partial charge >= 0.3 is 6.03 Å². The largest absolute Gasteiger partial charge is 0.326 e. The number of aromatic nitrogens is 2. The van der Waals surface area contributed by atoms with Gasteiger partial charge in [-0.25, -0.2) is 4.79 Å². The molecule has 0 aliphatic heterocycles. The van der Waals surface area contributed by atoms with Crippen molar-refractivity contribution in [2.75, 3.05) is 10.6 Å². The van der Waals surface area contributed by atoms with Crippen LogP contribution in [0.4, 0.5) is 15.6 Å². The molecule has 4 aromatic rings. The van der Waals surface area contributed by atoms with Gasteiger partial charge in [0.05, 0.1) is 0 Å². The minimum Gasteiger partial charge on any atom is -0.326 e. The van der Waals surface area contributed by atoms with Gasteiger partial charge in [-0.3, -0.25) is 10.1 Å². The van der Waals surface area contributed by atoms with Crippen LogP contribution < -0.4 is 16.0 Å². The highest BCUT2D eigenvalue weighted by molar-refractivity contribution is 7.18. The maximum Gasteiger partial charge on any atom is 0.319 e. The molecule has 0 saturated carbocycles.